The van der Waals surface area contributed by atoms with Gasteiger partial charge in [0.25, 0.3) is 0 Å². The van der Waals surface area contributed by atoms with Gasteiger partial charge in [-0.3, -0.25) is 9.99 Å². The Balaban J connectivity index is 1.72. The van der Waals surface area contributed by atoms with Crippen LogP contribution in [0.2, 0.25) is 0 Å². The number of aliphatic hydroxyl groups is 1. The van der Waals surface area contributed by atoms with E-state index in [9.17, 15) is 9.50 Å². The molecule has 27 heavy (non-hydrogen) atoms. The van der Waals surface area contributed by atoms with Crippen molar-refractivity contribution in [2.45, 2.75) is 13.0 Å². The van der Waals surface area contributed by atoms with Gasteiger partial charge in [-0.25, -0.2) is 4.39 Å². The number of halogens is 1. The molecule has 1 aliphatic rings. The summed E-state index contributed by atoms with van der Waals surface area (Å²) in [5, 5.41) is 16.2. The van der Waals surface area contributed by atoms with Crippen LogP contribution in [0.4, 0.5) is 10.1 Å². The third-order valence-electron chi connectivity index (χ3n) is 4.97. The van der Waals surface area contributed by atoms with E-state index in [0.29, 0.717) is 5.56 Å². The summed E-state index contributed by atoms with van der Waals surface area (Å²) in [6, 6.07) is 19.9. The largest absolute Gasteiger partial charge is 0.395 e. The molecule has 5 heteroatoms. The molecule has 0 bridgehead atoms. The van der Waals surface area contributed by atoms with Gasteiger partial charge in [0.2, 0.25) is 0 Å². The van der Waals surface area contributed by atoms with Crippen LogP contribution in [0.3, 0.4) is 0 Å². The van der Waals surface area contributed by atoms with Gasteiger partial charge >= 0.3 is 0 Å². The zero-order valence-electron chi connectivity index (χ0n) is 15.0. The molecule has 4 nitrogen and oxygen atoms in total. The standard InChI is InChI=1S/C22H20FN3O/c1-22(15-27)14-25-26(21(22)18-9-5-6-10-19(18)23)17-11-12-20(24-13-17)16-7-3-2-4-8-16/h2-14,21,27H,15H2,1H3. The minimum absolute atomic E-state index is 0.137. The van der Waals surface area contributed by atoms with E-state index in [-0.39, 0.29) is 12.4 Å². The fourth-order valence-electron chi connectivity index (χ4n) is 3.44. The van der Waals surface area contributed by atoms with Crippen LogP contribution >= 0.6 is 0 Å². The molecule has 1 N–H and O–H groups in total. The number of benzene rings is 2. The van der Waals surface area contributed by atoms with Crippen LogP contribution in [0.25, 0.3) is 11.3 Å². The predicted octanol–water partition coefficient (Wildman–Crippen LogP) is 4.43. The average Bonchev–Trinajstić information content (AvgIpc) is 3.07. The van der Waals surface area contributed by atoms with Crippen molar-refractivity contribution in [3.63, 3.8) is 0 Å². The van der Waals surface area contributed by atoms with Crippen LogP contribution in [-0.2, 0) is 0 Å². The maximum atomic E-state index is 14.5. The molecule has 1 aromatic heterocycles. The maximum Gasteiger partial charge on any atom is 0.128 e. The number of anilines is 1. The molecular weight excluding hydrogens is 341 g/mol. The first-order valence-corrected chi connectivity index (χ1v) is 8.83. The summed E-state index contributed by atoms with van der Waals surface area (Å²) < 4.78 is 14.5. The van der Waals surface area contributed by atoms with E-state index in [1.807, 2.05) is 49.4 Å². The first-order chi connectivity index (χ1) is 13.1. The van der Waals surface area contributed by atoms with Crippen molar-refractivity contribution in [1.82, 2.24) is 4.98 Å². The van der Waals surface area contributed by atoms with Crippen molar-refractivity contribution < 1.29 is 9.50 Å². The van der Waals surface area contributed by atoms with Crippen LogP contribution in [0.5, 0.6) is 0 Å². The third kappa shape index (κ3) is 3.11. The average molecular weight is 361 g/mol. The van der Waals surface area contributed by atoms with E-state index >= 15 is 0 Å². The topological polar surface area (TPSA) is 48.7 Å². The summed E-state index contributed by atoms with van der Waals surface area (Å²) in [5.41, 5.74) is 2.44. The van der Waals surface area contributed by atoms with E-state index in [2.05, 4.69) is 10.1 Å². The Bertz CT molecular complexity index is 959. The molecule has 2 aromatic carbocycles. The number of hydrogen-bond acceptors (Lipinski definition) is 4. The number of aliphatic hydroxyl groups excluding tert-OH is 1. The van der Waals surface area contributed by atoms with Crippen molar-refractivity contribution in [2.24, 2.45) is 10.5 Å². The monoisotopic (exact) mass is 361 g/mol. The smallest absolute Gasteiger partial charge is 0.128 e. The van der Waals surface area contributed by atoms with Crippen LogP contribution in [0.15, 0.2) is 78.0 Å². The highest BCUT2D eigenvalue weighted by molar-refractivity contribution is 5.75. The summed E-state index contributed by atoms with van der Waals surface area (Å²) in [7, 11) is 0. The molecular formula is C22H20FN3O. The van der Waals surface area contributed by atoms with Gasteiger partial charge in [-0.15, -0.1) is 0 Å². The lowest BCUT2D eigenvalue weighted by Gasteiger charge is -2.33. The minimum Gasteiger partial charge on any atom is -0.395 e. The molecule has 2 heterocycles. The lowest BCUT2D eigenvalue weighted by molar-refractivity contribution is 0.182. The molecule has 0 spiro atoms. The van der Waals surface area contributed by atoms with Crippen molar-refractivity contribution in [1.29, 1.82) is 0 Å². The van der Waals surface area contributed by atoms with E-state index in [0.717, 1.165) is 16.9 Å². The van der Waals surface area contributed by atoms with Crippen LogP contribution in [0.1, 0.15) is 18.5 Å². The number of aromatic nitrogens is 1. The summed E-state index contributed by atoms with van der Waals surface area (Å²) in [4.78, 5) is 4.55. The molecule has 0 fully saturated rings. The fourth-order valence-corrected chi connectivity index (χ4v) is 3.44. The molecule has 136 valence electrons. The van der Waals surface area contributed by atoms with Crippen molar-refractivity contribution in [3.8, 4) is 11.3 Å². The van der Waals surface area contributed by atoms with Crippen molar-refractivity contribution in [3.05, 3.63) is 84.3 Å². The van der Waals surface area contributed by atoms with Crippen LogP contribution in [0, 0.1) is 11.2 Å². The van der Waals surface area contributed by atoms with Crippen LogP contribution < -0.4 is 5.01 Å². The predicted molar refractivity (Wildman–Crippen MR) is 105 cm³/mol. The molecule has 2 unspecified atom stereocenters. The lowest BCUT2D eigenvalue weighted by Crippen LogP contribution is -2.35. The van der Waals surface area contributed by atoms with E-state index < -0.39 is 11.5 Å². The number of rotatable bonds is 4. The van der Waals surface area contributed by atoms with Crippen LogP contribution in [-0.4, -0.2) is 22.9 Å². The summed E-state index contributed by atoms with van der Waals surface area (Å²) >= 11 is 0. The van der Waals surface area contributed by atoms with Gasteiger partial charge in [-0.1, -0.05) is 48.5 Å². The lowest BCUT2D eigenvalue weighted by atomic mass is 9.80. The summed E-state index contributed by atoms with van der Waals surface area (Å²) in [6.45, 7) is 1.74. The molecule has 0 amide bonds. The molecule has 0 aliphatic carbocycles. The zero-order valence-corrected chi connectivity index (χ0v) is 15.0. The highest BCUT2D eigenvalue weighted by Crippen LogP contribution is 2.44. The van der Waals surface area contributed by atoms with Gasteiger partial charge in [0.15, 0.2) is 0 Å². The Hall–Kier alpha value is -3.05. The van der Waals surface area contributed by atoms with Gasteiger partial charge in [0.05, 0.1) is 35.6 Å². The second-order valence-corrected chi connectivity index (χ2v) is 6.94. The Morgan fingerprint density at radius 2 is 1.78 bits per heavy atom. The van der Waals surface area contributed by atoms with Crippen molar-refractivity contribution in [2.75, 3.05) is 11.6 Å². The highest BCUT2D eigenvalue weighted by Gasteiger charge is 2.44. The van der Waals surface area contributed by atoms with E-state index in [4.69, 9.17) is 0 Å². The van der Waals surface area contributed by atoms with Gasteiger partial charge < -0.3 is 5.11 Å². The number of pyridine rings is 1. The molecule has 0 saturated heterocycles. The summed E-state index contributed by atoms with van der Waals surface area (Å²) in [6.07, 6.45) is 3.42. The Morgan fingerprint density at radius 1 is 1.04 bits per heavy atom. The van der Waals surface area contributed by atoms with Crippen molar-refractivity contribution >= 4 is 11.9 Å². The van der Waals surface area contributed by atoms with Gasteiger partial charge in [-0.2, -0.15) is 5.10 Å². The summed E-state index contributed by atoms with van der Waals surface area (Å²) in [5.74, 6) is -0.313. The molecule has 2 atom stereocenters. The molecule has 4 rings (SSSR count). The van der Waals surface area contributed by atoms with E-state index in [1.54, 1.807) is 35.6 Å². The SMILES string of the molecule is CC1(CO)C=NN(c2ccc(-c3ccccc3)nc2)C1c1ccccc1F. The Morgan fingerprint density at radius 3 is 2.44 bits per heavy atom. The van der Waals surface area contributed by atoms with Gasteiger partial charge in [-0.05, 0) is 25.1 Å². The third-order valence-corrected chi connectivity index (χ3v) is 4.97. The Labute approximate surface area is 157 Å². The molecule has 0 radical (unpaired) electrons. The number of hydrazone groups is 1. The highest BCUT2D eigenvalue weighted by atomic mass is 19.1. The second kappa shape index (κ2) is 6.93. The van der Waals surface area contributed by atoms with Gasteiger partial charge in [0, 0.05) is 17.3 Å². The normalized spacial score (nSPS) is 21.6. The molecule has 3 aromatic rings. The molecule has 1 aliphatic heterocycles. The van der Waals surface area contributed by atoms with E-state index in [1.165, 1.54) is 6.07 Å². The fraction of sp³-hybridized carbons (Fsp3) is 0.182. The Kier molecular flexibility index (Phi) is 4.46. The first-order valence-electron chi connectivity index (χ1n) is 8.83. The quantitative estimate of drug-likeness (QED) is 0.748. The zero-order chi connectivity index (χ0) is 18.9. The minimum atomic E-state index is -0.694. The van der Waals surface area contributed by atoms with Gasteiger partial charge in [0.1, 0.15) is 5.82 Å². The maximum absolute atomic E-state index is 14.5. The number of nitrogens with zero attached hydrogens (tertiary/aromatic N) is 3. The first kappa shape index (κ1) is 17.4. The number of hydrogen-bond donors (Lipinski definition) is 1. The molecule has 0 saturated carbocycles. The second-order valence-electron chi connectivity index (χ2n) is 6.94.